The van der Waals surface area contributed by atoms with Crippen molar-refractivity contribution in [3.63, 3.8) is 0 Å². The Balaban J connectivity index is 1.85. The Bertz CT molecular complexity index is 998. The van der Waals surface area contributed by atoms with Gasteiger partial charge in [-0.15, -0.1) is 0 Å². The molecule has 0 unspecified atom stereocenters. The van der Waals surface area contributed by atoms with Crippen molar-refractivity contribution in [1.29, 1.82) is 0 Å². The van der Waals surface area contributed by atoms with Crippen LogP contribution in [0.5, 0.6) is 0 Å². The molecule has 142 valence electrons. The van der Waals surface area contributed by atoms with Crippen molar-refractivity contribution in [1.82, 2.24) is 4.90 Å². The van der Waals surface area contributed by atoms with Crippen molar-refractivity contribution >= 4 is 27.3 Å². The lowest BCUT2D eigenvalue weighted by atomic mass is 10.2. The first-order valence-corrected chi connectivity index (χ1v) is 9.93. The third-order valence-electron chi connectivity index (χ3n) is 4.41. The zero-order valence-corrected chi connectivity index (χ0v) is 15.5. The van der Waals surface area contributed by atoms with Gasteiger partial charge in [-0.3, -0.25) is 19.6 Å². The van der Waals surface area contributed by atoms with Crippen molar-refractivity contribution in [2.24, 2.45) is 0 Å². The zero-order valence-electron chi connectivity index (χ0n) is 14.7. The van der Waals surface area contributed by atoms with Crippen LogP contribution in [-0.2, 0) is 10.0 Å². The molecular formula is C18H19N3O5S. The number of amides is 1. The number of anilines is 1. The van der Waals surface area contributed by atoms with Crippen LogP contribution in [0.15, 0.2) is 47.4 Å². The number of benzene rings is 2. The monoisotopic (exact) mass is 389 g/mol. The highest BCUT2D eigenvalue weighted by Gasteiger charge is 2.22. The third kappa shape index (κ3) is 4.08. The van der Waals surface area contributed by atoms with Gasteiger partial charge in [0.05, 0.1) is 9.82 Å². The van der Waals surface area contributed by atoms with Crippen LogP contribution < -0.4 is 4.72 Å². The molecule has 1 amide bonds. The number of hydrogen-bond donors (Lipinski definition) is 1. The Kier molecular flexibility index (Phi) is 5.13. The second kappa shape index (κ2) is 7.36. The maximum absolute atomic E-state index is 12.7. The molecule has 2 aromatic carbocycles. The first kappa shape index (κ1) is 18.8. The number of carbonyl (C=O) groups excluding carboxylic acids is 1. The van der Waals surface area contributed by atoms with Crippen LogP contribution in [0.25, 0.3) is 0 Å². The molecule has 1 aliphatic heterocycles. The van der Waals surface area contributed by atoms with E-state index in [2.05, 4.69) is 4.72 Å². The molecule has 0 radical (unpaired) electrons. The van der Waals surface area contributed by atoms with Gasteiger partial charge in [-0.25, -0.2) is 8.42 Å². The second-order valence-electron chi connectivity index (χ2n) is 6.39. The molecule has 1 heterocycles. The van der Waals surface area contributed by atoms with E-state index < -0.39 is 14.9 Å². The number of nitrogens with zero attached hydrogens (tertiary/aromatic N) is 2. The van der Waals surface area contributed by atoms with E-state index in [0.717, 1.165) is 18.9 Å². The van der Waals surface area contributed by atoms with Gasteiger partial charge >= 0.3 is 0 Å². The number of carbonyl (C=O) groups is 1. The van der Waals surface area contributed by atoms with E-state index in [1.54, 1.807) is 23.1 Å². The quantitative estimate of drug-likeness (QED) is 0.624. The Morgan fingerprint density at radius 3 is 2.48 bits per heavy atom. The van der Waals surface area contributed by atoms with Crippen molar-refractivity contribution in [3.8, 4) is 0 Å². The summed E-state index contributed by atoms with van der Waals surface area (Å²) in [5.41, 5.74) is 0.765. The smallest absolute Gasteiger partial charge is 0.269 e. The molecule has 1 fully saturated rings. The normalized spacial score (nSPS) is 14.2. The van der Waals surface area contributed by atoms with Crippen molar-refractivity contribution in [2.75, 3.05) is 17.8 Å². The predicted molar refractivity (Wildman–Crippen MR) is 100 cm³/mol. The first-order valence-electron chi connectivity index (χ1n) is 8.45. The minimum absolute atomic E-state index is 0.0515. The van der Waals surface area contributed by atoms with E-state index in [-0.39, 0.29) is 27.7 Å². The summed E-state index contributed by atoms with van der Waals surface area (Å²) in [6, 6.07) is 9.88. The van der Waals surface area contributed by atoms with Gasteiger partial charge in [0.25, 0.3) is 21.6 Å². The second-order valence-corrected chi connectivity index (χ2v) is 8.04. The van der Waals surface area contributed by atoms with E-state index >= 15 is 0 Å². The number of sulfonamides is 1. The summed E-state index contributed by atoms with van der Waals surface area (Å²) in [7, 11) is -3.95. The maximum atomic E-state index is 12.7. The van der Waals surface area contributed by atoms with Crippen LogP contribution >= 0.6 is 0 Å². The molecule has 1 N–H and O–H groups in total. The first-order chi connectivity index (χ1) is 12.8. The highest BCUT2D eigenvalue weighted by atomic mass is 32.2. The average molecular weight is 389 g/mol. The topological polar surface area (TPSA) is 110 Å². The van der Waals surface area contributed by atoms with Crippen molar-refractivity contribution in [2.45, 2.75) is 24.7 Å². The Hall–Kier alpha value is -2.94. The van der Waals surface area contributed by atoms with Gasteiger partial charge in [0, 0.05) is 36.5 Å². The summed E-state index contributed by atoms with van der Waals surface area (Å²) in [4.78, 5) is 24.4. The van der Waals surface area contributed by atoms with Gasteiger partial charge in [0.15, 0.2) is 0 Å². The van der Waals surface area contributed by atoms with E-state index in [4.69, 9.17) is 0 Å². The van der Waals surface area contributed by atoms with Gasteiger partial charge in [-0.05, 0) is 49.6 Å². The fourth-order valence-electron chi connectivity index (χ4n) is 3.08. The van der Waals surface area contributed by atoms with Crippen molar-refractivity contribution in [3.05, 3.63) is 63.7 Å². The lowest BCUT2D eigenvalue weighted by Crippen LogP contribution is -2.27. The van der Waals surface area contributed by atoms with Gasteiger partial charge in [-0.1, -0.05) is 6.07 Å². The lowest BCUT2D eigenvalue weighted by Gasteiger charge is -2.16. The summed E-state index contributed by atoms with van der Waals surface area (Å²) < 4.78 is 27.8. The highest BCUT2D eigenvalue weighted by Crippen LogP contribution is 2.24. The highest BCUT2D eigenvalue weighted by molar-refractivity contribution is 7.92. The molecule has 0 aromatic heterocycles. The van der Waals surface area contributed by atoms with Crippen LogP contribution in [0.3, 0.4) is 0 Å². The van der Waals surface area contributed by atoms with Gasteiger partial charge < -0.3 is 4.90 Å². The standard InChI is InChI=1S/C18H19N3O5S/c1-13-11-16(21(23)24)7-8-17(13)27(25,26)19-15-6-4-5-14(12-15)18(22)20-9-2-3-10-20/h4-8,11-12,19H,2-3,9-10H2,1H3. The number of likely N-dealkylation sites (tertiary alicyclic amines) is 1. The lowest BCUT2D eigenvalue weighted by molar-refractivity contribution is -0.385. The molecule has 0 aliphatic carbocycles. The summed E-state index contributed by atoms with van der Waals surface area (Å²) in [6.45, 7) is 2.91. The molecule has 0 spiro atoms. The number of hydrogen-bond acceptors (Lipinski definition) is 5. The molecule has 1 saturated heterocycles. The number of rotatable bonds is 5. The van der Waals surface area contributed by atoms with Gasteiger partial charge in [0.1, 0.15) is 0 Å². The van der Waals surface area contributed by atoms with E-state index in [1.165, 1.54) is 25.1 Å². The minimum atomic E-state index is -3.95. The molecule has 3 rings (SSSR count). The van der Waals surface area contributed by atoms with Crippen LogP contribution in [0.4, 0.5) is 11.4 Å². The number of non-ortho nitro benzene ring substituents is 1. The minimum Gasteiger partial charge on any atom is -0.339 e. The Morgan fingerprint density at radius 2 is 1.85 bits per heavy atom. The molecule has 27 heavy (non-hydrogen) atoms. The molecule has 9 heteroatoms. The van der Waals surface area contributed by atoms with Gasteiger partial charge in [-0.2, -0.15) is 0 Å². The van der Waals surface area contributed by atoms with E-state index in [1.807, 2.05) is 0 Å². The average Bonchev–Trinajstić information content (AvgIpc) is 3.15. The van der Waals surface area contributed by atoms with E-state index in [0.29, 0.717) is 18.7 Å². The molecule has 0 atom stereocenters. The molecule has 8 nitrogen and oxygen atoms in total. The largest absolute Gasteiger partial charge is 0.339 e. The summed E-state index contributed by atoms with van der Waals surface area (Å²) in [6.07, 6.45) is 1.94. The Labute approximate surface area is 157 Å². The van der Waals surface area contributed by atoms with Crippen LogP contribution in [0.1, 0.15) is 28.8 Å². The molecular weight excluding hydrogens is 370 g/mol. The van der Waals surface area contributed by atoms with Crippen molar-refractivity contribution < 1.29 is 18.1 Å². The molecule has 0 saturated carbocycles. The van der Waals surface area contributed by atoms with Crippen LogP contribution in [0.2, 0.25) is 0 Å². The van der Waals surface area contributed by atoms with Gasteiger partial charge in [0.2, 0.25) is 0 Å². The number of nitrogens with one attached hydrogen (secondary N) is 1. The fourth-order valence-corrected chi connectivity index (χ4v) is 4.35. The Morgan fingerprint density at radius 1 is 1.15 bits per heavy atom. The number of aryl methyl sites for hydroxylation is 1. The third-order valence-corrected chi connectivity index (χ3v) is 5.96. The molecule has 2 aromatic rings. The summed E-state index contributed by atoms with van der Waals surface area (Å²) in [5, 5.41) is 10.8. The maximum Gasteiger partial charge on any atom is 0.269 e. The predicted octanol–water partition coefficient (Wildman–Crippen LogP) is 2.94. The molecule has 0 bridgehead atoms. The number of nitro groups is 1. The molecule has 1 aliphatic rings. The summed E-state index contributed by atoms with van der Waals surface area (Å²) in [5.74, 6) is -0.125. The zero-order chi connectivity index (χ0) is 19.6. The SMILES string of the molecule is Cc1cc([N+](=O)[O-])ccc1S(=O)(=O)Nc1cccc(C(=O)N2CCCC2)c1. The number of nitro benzene ring substituents is 1. The fraction of sp³-hybridized carbons (Fsp3) is 0.278. The van der Waals surface area contributed by atoms with Crippen LogP contribution in [-0.4, -0.2) is 37.2 Å². The van der Waals surface area contributed by atoms with Crippen LogP contribution in [0, 0.1) is 17.0 Å². The van der Waals surface area contributed by atoms with E-state index in [9.17, 15) is 23.3 Å². The summed E-state index contributed by atoms with van der Waals surface area (Å²) >= 11 is 0.